The largest absolute Gasteiger partial charge is 0.465 e. The number of carbonyl (C=O) groups is 1. The van der Waals surface area contributed by atoms with Gasteiger partial charge in [-0.3, -0.25) is 9.00 Å². The van der Waals surface area contributed by atoms with E-state index in [1.165, 1.54) is 0 Å². The van der Waals surface area contributed by atoms with Gasteiger partial charge in [-0.2, -0.15) is 0 Å². The Hall–Kier alpha value is -1.16. The zero-order chi connectivity index (χ0) is 12.2. The van der Waals surface area contributed by atoms with E-state index in [1.54, 1.807) is 45.0 Å². The van der Waals surface area contributed by atoms with Gasteiger partial charge >= 0.3 is 5.97 Å². The first-order chi connectivity index (χ1) is 7.50. The van der Waals surface area contributed by atoms with Crippen molar-refractivity contribution < 1.29 is 13.7 Å². The van der Waals surface area contributed by atoms with Crippen molar-refractivity contribution in [2.24, 2.45) is 0 Å². The molecular formula is C12H16O3S. The van der Waals surface area contributed by atoms with Crippen LogP contribution in [0.1, 0.15) is 20.8 Å². The summed E-state index contributed by atoms with van der Waals surface area (Å²) < 4.78 is 16.1. The average molecular weight is 244 g/mol. The number of esters is 1. The number of ether oxygens (including phenoxy) is 1. The molecule has 0 aliphatic heterocycles. The standard InChI is InChI=1S/C12H16O3S/c1-4-15-11(13)12(2,3)16(14)10-8-6-5-7-9-10/h5-9H,4H2,1-3H3/i2+1,3+1,11+1,12+1. The Morgan fingerprint density at radius 3 is 2.38 bits per heavy atom. The van der Waals surface area contributed by atoms with Crippen molar-refractivity contribution in [1.82, 2.24) is 0 Å². The molecule has 0 spiro atoms. The average Bonchev–Trinajstić information content (AvgIpc) is 2.29. The Bertz CT molecular complexity index is 385. The molecule has 0 heterocycles. The van der Waals surface area contributed by atoms with E-state index in [2.05, 4.69) is 0 Å². The van der Waals surface area contributed by atoms with E-state index < -0.39 is 21.5 Å². The normalized spacial score (nSPS) is 13.2. The van der Waals surface area contributed by atoms with Crippen LogP contribution in [-0.4, -0.2) is 21.5 Å². The maximum absolute atomic E-state index is 12.2. The van der Waals surface area contributed by atoms with E-state index in [1.807, 2.05) is 6.07 Å². The van der Waals surface area contributed by atoms with E-state index in [0.717, 1.165) is 0 Å². The lowest BCUT2D eigenvalue weighted by Gasteiger charge is -2.21. The molecule has 1 aromatic carbocycles. The molecular weight excluding hydrogens is 228 g/mol. The van der Waals surface area contributed by atoms with Crippen LogP contribution in [-0.2, 0) is 20.3 Å². The lowest BCUT2D eigenvalue weighted by molar-refractivity contribution is -0.145. The van der Waals surface area contributed by atoms with Crippen LogP contribution in [0.4, 0.5) is 0 Å². The monoisotopic (exact) mass is 244 g/mol. The minimum absolute atomic E-state index is 0.300. The van der Waals surface area contributed by atoms with Crippen molar-refractivity contribution in [1.29, 1.82) is 0 Å². The fourth-order valence-corrected chi connectivity index (χ4v) is 2.42. The maximum atomic E-state index is 12.2. The molecule has 0 bridgehead atoms. The molecule has 1 atom stereocenters. The third kappa shape index (κ3) is 2.70. The maximum Gasteiger partial charge on any atom is 0.324 e. The SMILES string of the molecule is CCO[13C](=O)[13C]([13CH3])([13CH3])S(=O)c1ccccc1. The molecule has 0 N–H and O–H groups in total. The molecule has 4 heteroatoms. The summed E-state index contributed by atoms with van der Waals surface area (Å²) in [4.78, 5) is 12.3. The van der Waals surface area contributed by atoms with Crippen LogP contribution in [0.15, 0.2) is 35.2 Å². The molecule has 1 aromatic rings. The van der Waals surface area contributed by atoms with Gasteiger partial charge in [0.2, 0.25) is 0 Å². The molecule has 0 fully saturated rings. The van der Waals surface area contributed by atoms with E-state index in [0.29, 0.717) is 11.5 Å². The first-order valence-corrected chi connectivity index (χ1v) is 6.29. The van der Waals surface area contributed by atoms with Crippen LogP contribution in [0.5, 0.6) is 0 Å². The number of hydrogen-bond acceptors (Lipinski definition) is 3. The summed E-state index contributed by atoms with van der Waals surface area (Å²) >= 11 is 0. The second kappa shape index (κ2) is 5.25. The molecule has 3 nitrogen and oxygen atoms in total. The number of hydrogen-bond donors (Lipinski definition) is 0. The molecule has 1 unspecified atom stereocenters. The topological polar surface area (TPSA) is 43.4 Å². The van der Waals surface area contributed by atoms with Gasteiger partial charge in [-0.05, 0) is 32.9 Å². The van der Waals surface area contributed by atoms with E-state index in [-0.39, 0.29) is 0 Å². The minimum atomic E-state index is -1.40. The Morgan fingerprint density at radius 2 is 1.88 bits per heavy atom. The zero-order valence-corrected chi connectivity index (χ0v) is 10.5. The van der Waals surface area contributed by atoms with Gasteiger partial charge in [0.05, 0.1) is 17.4 Å². The van der Waals surface area contributed by atoms with Crippen LogP contribution < -0.4 is 0 Å². The van der Waals surface area contributed by atoms with Crippen LogP contribution in [0, 0.1) is 0 Å². The number of rotatable bonds is 4. The first kappa shape index (κ1) is 12.9. The summed E-state index contributed by atoms with van der Waals surface area (Å²) in [6, 6.07) is 8.94. The highest BCUT2D eigenvalue weighted by atomic mass is 32.2. The summed E-state index contributed by atoms with van der Waals surface area (Å²) in [6.07, 6.45) is 0. The lowest BCUT2D eigenvalue weighted by atomic mass is 10.4. The molecule has 0 amide bonds. The molecule has 0 aliphatic carbocycles. The third-order valence-corrected chi connectivity index (χ3v) is 3.98. The summed E-state index contributed by atoms with van der Waals surface area (Å²) in [5.41, 5.74) is 0. The quantitative estimate of drug-likeness (QED) is 0.602. The Kier molecular flexibility index (Phi) is 4.24. The summed E-state index contributed by atoms with van der Waals surface area (Å²) in [5.74, 6) is -0.433. The van der Waals surface area contributed by atoms with Crippen LogP contribution >= 0.6 is 0 Å². The van der Waals surface area contributed by atoms with Crippen molar-refractivity contribution in [3.63, 3.8) is 0 Å². The molecule has 0 saturated heterocycles. The highest BCUT2D eigenvalue weighted by Crippen LogP contribution is 2.22. The van der Waals surface area contributed by atoms with Gasteiger partial charge in [0.25, 0.3) is 0 Å². The van der Waals surface area contributed by atoms with Gasteiger partial charge in [-0.15, -0.1) is 0 Å². The summed E-state index contributed by atoms with van der Waals surface area (Å²) in [6.45, 7) is 5.30. The van der Waals surface area contributed by atoms with Crippen molar-refractivity contribution in [3.05, 3.63) is 30.3 Å². The van der Waals surface area contributed by atoms with Gasteiger partial charge in [0.15, 0.2) is 0 Å². The van der Waals surface area contributed by atoms with Crippen LogP contribution in [0.3, 0.4) is 0 Å². The fourth-order valence-electron chi connectivity index (χ4n) is 1.22. The highest BCUT2D eigenvalue weighted by molar-refractivity contribution is 7.87. The minimum Gasteiger partial charge on any atom is -0.465 e. The fraction of sp³-hybridized carbons (Fsp3) is 0.417. The van der Waals surface area contributed by atoms with Crippen molar-refractivity contribution >= 4 is 16.8 Å². The van der Waals surface area contributed by atoms with Crippen LogP contribution in [0.25, 0.3) is 0 Å². The zero-order valence-electron chi connectivity index (χ0n) is 9.73. The van der Waals surface area contributed by atoms with Gasteiger partial charge in [0.1, 0.15) is 4.75 Å². The predicted octanol–water partition coefficient (Wildman–Crippen LogP) is 2.14. The van der Waals surface area contributed by atoms with Crippen molar-refractivity contribution in [3.8, 4) is 0 Å². The predicted molar refractivity (Wildman–Crippen MR) is 63.6 cm³/mol. The van der Waals surface area contributed by atoms with Gasteiger partial charge in [-0.1, -0.05) is 18.2 Å². The molecule has 0 saturated carbocycles. The molecule has 88 valence electrons. The van der Waals surface area contributed by atoms with E-state index in [4.69, 9.17) is 4.74 Å². The van der Waals surface area contributed by atoms with Crippen molar-refractivity contribution in [2.75, 3.05) is 6.61 Å². The van der Waals surface area contributed by atoms with E-state index >= 15 is 0 Å². The Balaban J connectivity index is 2.92. The van der Waals surface area contributed by atoms with Gasteiger partial charge in [-0.25, -0.2) is 0 Å². The van der Waals surface area contributed by atoms with E-state index in [9.17, 15) is 9.00 Å². The molecule has 16 heavy (non-hydrogen) atoms. The Labute approximate surface area is 98.3 Å². The smallest absolute Gasteiger partial charge is 0.324 e. The third-order valence-electron chi connectivity index (χ3n) is 2.19. The second-order valence-electron chi connectivity index (χ2n) is 3.81. The lowest BCUT2D eigenvalue weighted by Crippen LogP contribution is -2.38. The number of carbonyl (C=O) groups excluding carboxylic acids is 1. The highest BCUT2D eigenvalue weighted by Gasteiger charge is 2.36. The Morgan fingerprint density at radius 1 is 1.31 bits per heavy atom. The molecule has 1 rings (SSSR count). The first-order valence-electron chi connectivity index (χ1n) is 5.14. The molecule has 0 aliphatic rings. The van der Waals surface area contributed by atoms with Crippen LogP contribution in [0.2, 0.25) is 0 Å². The summed E-state index contributed by atoms with van der Waals surface area (Å²) in [5, 5.41) is 0. The van der Waals surface area contributed by atoms with Crippen molar-refractivity contribution in [2.45, 2.75) is 30.4 Å². The van der Waals surface area contributed by atoms with Gasteiger partial charge < -0.3 is 4.74 Å². The molecule has 0 radical (unpaired) electrons. The second-order valence-corrected chi connectivity index (χ2v) is 5.84. The van der Waals surface area contributed by atoms with Gasteiger partial charge in [0, 0.05) is 4.90 Å². The summed E-state index contributed by atoms with van der Waals surface area (Å²) in [7, 11) is -1.40. The molecule has 0 aromatic heterocycles. The number of benzene rings is 1.